The van der Waals surface area contributed by atoms with Crippen molar-refractivity contribution in [1.82, 2.24) is 9.78 Å². The summed E-state index contributed by atoms with van der Waals surface area (Å²) in [6.45, 7) is 3.14. The number of hydrogen-bond donors (Lipinski definition) is 1. The first-order chi connectivity index (χ1) is 10.8. The lowest BCUT2D eigenvalue weighted by Gasteiger charge is -2.06. The highest BCUT2D eigenvalue weighted by Crippen LogP contribution is 2.33. The molecule has 0 aliphatic carbocycles. The van der Waals surface area contributed by atoms with Crippen LogP contribution in [0.15, 0.2) is 30.8 Å². The number of rotatable bonds is 5. The van der Waals surface area contributed by atoms with Gasteiger partial charge in [-0.25, -0.2) is 4.79 Å². The lowest BCUT2D eigenvalue weighted by Crippen LogP contribution is -2.12. The Morgan fingerprint density at radius 3 is 2.43 bits per heavy atom. The molecule has 1 aromatic carbocycles. The third kappa shape index (κ3) is 3.36. The minimum Gasteiger partial charge on any atom is -0.497 e. The minimum absolute atomic E-state index is 0.122. The molecule has 5 nitrogen and oxygen atoms in total. The number of halogens is 3. The van der Waals surface area contributed by atoms with Gasteiger partial charge in [-0.2, -0.15) is 18.3 Å². The van der Waals surface area contributed by atoms with Crippen LogP contribution in [0.3, 0.4) is 0 Å². The van der Waals surface area contributed by atoms with Crippen molar-refractivity contribution in [3.8, 4) is 5.75 Å². The fourth-order valence-electron chi connectivity index (χ4n) is 2.12. The maximum Gasteiger partial charge on any atom is 0.435 e. The number of hydrogen-bond acceptors (Lipinski definition) is 3. The topological polar surface area (TPSA) is 64.4 Å². The lowest BCUT2D eigenvalue weighted by atomic mass is 10.1. The lowest BCUT2D eigenvalue weighted by molar-refractivity contribution is -0.141. The minimum atomic E-state index is -4.76. The quantitative estimate of drug-likeness (QED) is 0.915. The van der Waals surface area contributed by atoms with Crippen molar-refractivity contribution in [3.63, 3.8) is 0 Å². The number of carboxylic acid groups (broad SMARTS) is 1. The average molecular weight is 326 g/mol. The molecule has 0 unspecified atom stereocenters. The van der Waals surface area contributed by atoms with Gasteiger partial charge in [-0.1, -0.05) is 24.8 Å². The molecule has 0 spiro atoms. The van der Waals surface area contributed by atoms with Crippen molar-refractivity contribution in [2.45, 2.75) is 12.7 Å². The van der Waals surface area contributed by atoms with Gasteiger partial charge in [-0.3, -0.25) is 4.68 Å². The number of alkyl halides is 3. The monoisotopic (exact) mass is 326 g/mol. The molecule has 8 heteroatoms. The van der Waals surface area contributed by atoms with E-state index in [1.807, 2.05) is 0 Å². The van der Waals surface area contributed by atoms with Gasteiger partial charge < -0.3 is 9.84 Å². The predicted molar refractivity (Wildman–Crippen MR) is 76.4 cm³/mol. The van der Waals surface area contributed by atoms with Gasteiger partial charge in [0.15, 0.2) is 11.4 Å². The number of aromatic carboxylic acids is 1. The molecule has 0 saturated carbocycles. The smallest absolute Gasteiger partial charge is 0.435 e. The molecule has 2 rings (SSSR count). The molecule has 0 bridgehead atoms. The molecule has 0 aliphatic heterocycles. The molecule has 0 atom stereocenters. The fourth-order valence-corrected chi connectivity index (χ4v) is 2.12. The van der Waals surface area contributed by atoms with Crippen molar-refractivity contribution < 1.29 is 27.8 Å². The Balaban J connectivity index is 2.50. The molecular formula is C15H13F3N2O3. The van der Waals surface area contributed by atoms with E-state index >= 15 is 0 Å². The number of carbonyl (C=O) groups is 1. The molecule has 0 fully saturated rings. The largest absolute Gasteiger partial charge is 0.497 e. The second-order valence-electron chi connectivity index (χ2n) is 4.62. The molecule has 1 heterocycles. The van der Waals surface area contributed by atoms with E-state index in [1.165, 1.54) is 7.11 Å². The summed E-state index contributed by atoms with van der Waals surface area (Å²) in [5.74, 6) is -0.924. The van der Waals surface area contributed by atoms with Crippen LogP contribution in [-0.2, 0) is 12.7 Å². The second-order valence-corrected chi connectivity index (χ2v) is 4.62. The van der Waals surface area contributed by atoms with Gasteiger partial charge in [0.2, 0.25) is 0 Å². The second kappa shape index (κ2) is 6.15. The molecule has 0 radical (unpaired) electrons. The van der Waals surface area contributed by atoms with Crippen LogP contribution in [0, 0.1) is 0 Å². The Morgan fingerprint density at radius 1 is 1.39 bits per heavy atom. The van der Waals surface area contributed by atoms with Gasteiger partial charge in [0, 0.05) is 5.56 Å². The SMILES string of the molecule is C=Cc1c(C(F)(F)F)nn(Cc2ccc(OC)cc2)c1C(=O)O. The third-order valence-electron chi connectivity index (χ3n) is 3.16. The maximum atomic E-state index is 13.0. The van der Waals surface area contributed by atoms with Crippen LogP contribution in [0.25, 0.3) is 6.08 Å². The summed E-state index contributed by atoms with van der Waals surface area (Å²) in [7, 11) is 1.48. The molecule has 0 aliphatic rings. The normalized spacial score (nSPS) is 11.3. The number of aromatic nitrogens is 2. The number of methoxy groups -OCH3 is 1. The summed E-state index contributed by atoms with van der Waals surface area (Å²) in [5, 5.41) is 12.6. The molecule has 122 valence electrons. The van der Waals surface area contributed by atoms with Crippen molar-refractivity contribution in [2.24, 2.45) is 0 Å². The molecule has 23 heavy (non-hydrogen) atoms. The van der Waals surface area contributed by atoms with Crippen molar-refractivity contribution >= 4 is 12.0 Å². The Morgan fingerprint density at radius 2 is 2.00 bits per heavy atom. The van der Waals surface area contributed by atoms with Crippen LogP contribution in [0.1, 0.15) is 27.3 Å². The highest BCUT2D eigenvalue weighted by molar-refractivity contribution is 5.90. The van der Waals surface area contributed by atoms with E-state index in [1.54, 1.807) is 24.3 Å². The van der Waals surface area contributed by atoms with Crippen LogP contribution in [0.2, 0.25) is 0 Å². The Hall–Kier alpha value is -2.77. The van der Waals surface area contributed by atoms with E-state index in [4.69, 9.17) is 4.74 Å². The van der Waals surface area contributed by atoms with Gasteiger partial charge in [0.1, 0.15) is 5.75 Å². The van der Waals surface area contributed by atoms with E-state index in [-0.39, 0.29) is 6.54 Å². The summed E-state index contributed by atoms with van der Waals surface area (Å²) >= 11 is 0. The van der Waals surface area contributed by atoms with Gasteiger partial charge in [0.05, 0.1) is 13.7 Å². The molecule has 1 N–H and O–H groups in total. The zero-order chi connectivity index (χ0) is 17.2. The van der Waals surface area contributed by atoms with Crippen LogP contribution < -0.4 is 4.74 Å². The van der Waals surface area contributed by atoms with Crippen LogP contribution in [0.5, 0.6) is 5.75 Å². The van der Waals surface area contributed by atoms with Crippen LogP contribution in [-0.4, -0.2) is 28.0 Å². The van der Waals surface area contributed by atoms with E-state index in [0.29, 0.717) is 11.3 Å². The van der Waals surface area contributed by atoms with Gasteiger partial charge >= 0.3 is 12.1 Å². The molecular weight excluding hydrogens is 313 g/mol. The van der Waals surface area contributed by atoms with E-state index in [2.05, 4.69) is 11.7 Å². The Labute approximate surface area is 129 Å². The predicted octanol–water partition coefficient (Wildman–Crippen LogP) is 3.30. The summed E-state index contributed by atoms with van der Waals surface area (Å²) < 4.78 is 44.8. The van der Waals surface area contributed by atoms with Crippen molar-refractivity contribution in [2.75, 3.05) is 7.11 Å². The summed E-state index contributed by atoms with van der Waals surface area (Å²) in [5.41, 5.74) is -1.78. The first kappa shape index (κ1) is 16.6. The third-order valence-corrected chi connectivity index (χ3v) is 3.16. The molecule has 0 saturated heterocycles. The number of benzene rings is 1. The number of nitrogens with zero attached hydrogens (tertiary/aromatic N) is 2. The summed E-state index contributed by atoms with van der Waals surface area (Å²) in [6.07, 6.45) is -3.91. The van der Waals surface area contributed by atoms with Gasteiger partial charge in [-0.05, 0) is 17.7 Å². The van der Waals surface area contributed by atoms with E-state index in [9.17, 15) is 23.1 Å². The number of carboxylic acids is 1. The van der Waals surface area contributed by atoms with Crippen LogP contribution >= 0.6 is 0 Å². The Bertz CT molecular complexity index is 734. The van der Waals surface area contributed by atoms with Gasteiger partial charge in [-0.15, -0.1) is 0 Å². The zero-order valence-corrected chi connectivity index (χ0v) is 12.1. The molecule has 2 aromatic rings. The first-order valence-corrected chi connectivity index (χ1v) is 6.44. The molecule has 0 amide bonds. The first-order valence-electron chi connectivity index (χ1n) is 6.44. The van der Waals surface area contributed by atoms with Crippen molar-refractivity contribution in [3.05, 3.63) is 53.4 Å². The average Bonchev–Trinajstić information content (AvgIpc) is 2.86. The van der Waals surface area contributed by atoms with E-state index in [0.717, 1.165) is 10.8 Å². The van der Waals surface area contributed by atoms with Crippen LogP contribution in [0.4, 0.5) is 13.2 Å². The highest BCUT2D eigenvalue weighted by atomic mass is 19.4. The standard InChI is InChI=1S/C15H13F3N2O3/c1-3-11-12(14(21)22)20(19-13(11)15(16,17)18)8-9-4-6-10(23-2)7-5-9/h3-7H,1,8H2,2H3,(H,21,22). The summed E-state index contributed by atoms with van der Waals surface area (Å²) in [4.78, 5) is 11.3. The highest BCUT2D eigenvalue weighted by Gasteiger charge is 2.39. The Kier molecular flexibility index (Phi) is 4.44. The summed E-state index contributed by atoms with van der Waals surface area (Å²) in [6, 6.07) is 6.48. The fraction of sp³-hybridized carbons (Fsp3) is 0.200. The molecule has 1 aromatic heterocycles. The maximum absolute atomic E-state index is 13.0. The number of ether oxygens (including phenoxy) is 1. The van der Waals surface area contributed by atoms with E-state index < -0.39 is 29.1 Å². The van der Waals surface area contributed by atoms with Gasteiger partial charge in [0.25, 0.3) is 0 Å². The van der Waals surface area contributed by atoms with Crippen molar-refractivity contribution in [1.29, 1.82) is 0 Å². The zero-order valence-electron chi connectivity index (χ0n) is 12.1.